The number of nitrogens with zero attached hydrogens (tertiary/aromatic N) is 1. The van der Waals surface area contributed by atoms with Gasteiger partial charge in [-0.05, 0) is 20.8 Å². The summed E-state index contributed by atoms with van der Waals surface area (Å²) in [6, 6.07) is -0.0127. The van der Waals surface area contributed by atoms with Gasteiger partial charge >= 0.3 is 0 Å². The summed E-state index contributed by atoms with van der Waals surface area (Å²) in [5.74, 6) is 0. The highest BCUT2D eigenvalue weighted by atomic mass is 32.1. The molecule has 2 N–H and O–H groups in total. The first-order chi connectivity index (χ1) is 9.07. The molecule has 2 heterocycles. The van der Waals surface area contributed by atoms with Crippen molar-refractivity contribution in [1.82, 2.24) is 4.98 Å². The second-order valence-corrected chi connectivity index (χ2v) is 6.46. The van der Waals surface area contributed by atoms with Crippen LogP contribution < -0.4 is 5.73 Å². The van der Waals surface area contributed by atoms with Crippen LogP contribution >= 0.6 is 11.3 Å². The molecule has 0 radical (unpaired) electrons. The average molecular weight is 284 g/mol. The summed E-state index contributed by atoms with van der Waals surface area (Å²) in [5, 5.41) is 1.12. The fraction of sp³-hybridized carbons (Fsp3) is 0.786. The summed E-state index contributed by atoms with van der Waals surface area (Å²) in [6.45, 7) is 8.36. The third-order valence-corrected chi connectivity index (χ3v) is 5.01. The van der Waals surface area contributed by atoms with Gasteiger partial charge in [-0.25, -0.2) is 4.98 Å². The van der Waals surface area contributed by atoms with Crippen molar-refractivity contribution in [3.63, 3.8) is 0 Å². The molecule has 1 saturated heterocycles. The Morgan fingerprint density at radius 3 is 2.63 bits per heavy atom. The van der Waals surface area contributed by atoms with E-state index >= 15 is 0 Å². The van der Waals surface area contributed by atoms with E-state index in [-0.39, 0.29) is 11.6 Å². The summed E-state index contributed by atoms with van der Waals surface area (Å²) < 4.78 is 11.5. The summed E-state index contributed by atoms with van der Waals surface area (Å²) in [4.78, 5) is 5.87. The maximum atomic E-state index is 6.45. The Morgan fingerprint density at radius 1 is 1.42 bits per heavy atom. The third-order valence-electron chi connectivity index (χ3n) is 3.91. The molecule has 1 fully saturated rings. The Labute approximate surface area is 119 Å². The quantitative estimate of drug-likeness (QED) is 0.900. The molecule has 1 atom stereocenters. The van der Waals surface area contributed by atoms with Gasteiger partial charge in [0.25, 0.3) is 0 Å². The first kappa shape index (κ1) is 14.9. The average Bonchev–Trinajstić information content (AvgIpc) is 2.69. The molecule has 1 aromatic rings. The normalized spacial score (nSPS) is 20.4. The van der Waals surface area contributed by atoms with Crippen molar-refractivity contribution in [3.8, 4) is 0 Å². The summed E-state index contributed by atoms with van der Waals surface area (Å²) in [5.41, 5.74) is 7.33. The van der Waals surface area contributed by atoms with E-state index in [1.807, 2.05) is 13.8 Å². The molecule has 108 valence electrons. The molecule has 1 aliphatic heterocycles. The molecule has 0 spiro atoms. The number of thiazole rings is 1. The van der Waals surface area contributed by atoms with Crippen molar-refractivity contribution in [3.05, 3.63) is 15.6 Å². The smallest absolute Gasteiger partial charge is 0.0947 e. The van der Waals surface area contributed by atoms with Crippen molar-refractivity contribution in [2.45, 2.75) is 51.7 Å². The Kier molecular flexibility index (Phi) is 4.95. The van der Waals surface area contributed by atoms with E-state index in [2.05, 4.69) is 11.9 Å². The van der Waals surface area contributed by atoms with Gasteiger partial charge in [-0.2, -0.15) is 0 Å². The number of ether oxygens (including phenoxy) is 2. The van der Waals surface area contributed by atoms with Crippen molar-refractivity contribution in [1.29, 1.82) is 0 Å². The molecule has 1 aromatic heterocycles. The highest BCUT2D eigenvalue weighted by Gasteiger charge is 2.39. The highest BCUT2D eigenvalue weighted by Crippen LogP contribution is 2.30. The Hall–Kier alpha value is -0.490. The Balaban J connectivity index is 2.08. The molecule has 2 rings (SSSR count). The Bertz CT molecular complexity index is 389. The number of aryl methyl sites for hydroxylation is 2. The molecule has 0 bridgehead atoms. The van der Waals surface area contributed by atoms with Crippen LogP contribution in [0.2, 0.25) is 0 Å². The monoisotopic (exact) mass is 284 g/mol. The second-order valence-electron chi connectivity index (χ2n) is 5.17. The lowest BCUT2D eigenvalue weighted by atomic mass is 9.85. The fourth-order valence-corrected chi connectivity index (χ4v) is 3.62. The zero-order valence-corrected chi connectivity index (χ0v) is 12.9. The van der Waals surface area contributed by atoms with Crippen LogP contribution in [-0.2, 0) is 15.9 Å². The predicted octanol–water partition coefficient (Wildman–Crippen LogP) is 2.22. The highest BCUT2D eigenvalue weighted by molar-refractivity contribution is 7.11. The molecule has 0 aliphatic carbocycles. The second kappa shape index (κ2) is 6.31. The zero-order chi connectivity index (χ0) is 13.9. The van der Waals surface area contributed by atoms with Crippen molar-refractivity contribution in [2.75, 3.05) is 19.8 Å². The zero-order valence-electron chi connectivity index (χ0n) is 12.1. The van der Waals surface area contributed by atoms with Gasteiger partial charge in [-0.15, -0.1) is 11.3 Å². The van der Waals surface area contributed by atoms with Gasteiger partial charge in [0, 0.05) is 50.0 Å². The maximum absolute atomic E-state index is 6.45. The lowest BCUT2D eigenvalue weighted by Crippen LogP contribution is -2.54. The van der Waals surface area contributed by atoms with E-state index in [0.29, 0.717) is 6.61 Å². The van der Waals surface area contributed by atoms with Crippen LogP contribution in [0.3, 0.4) is 0 Å². The van der Waals surface area contributed by atoms with Crippen LogP contribution in [0, 0.1) is 13.8 Å². The van der Waals surface area contributed by atoms with Crippen molar-refractivity contribution < 1.29 is 9.47 Å². The van der Waals surface area contributed by atoms with Crippen LogP contribution in [-0.4, -0.2) is 36.4 Å². The minimum absolute atomic E-state index is 0.0127. The number of aromatic nitrogens is 1. The van der Waals surface area contributed by atoms with Gasteiger partial charge in [0.05, 0.1) is 16.3 Å². The number of rotatable bonds is 5. The van der Waals surface area contributed by atoms with E-state index < -0.39 is 0 Å². The number of hydrogen-bond acceptors (Lipinski definition) is 5. The standard InChI is InChI=1S/C14H24N2O2S/c1-4-18-14(5-7-17-8-6-14)12(15)9-13-16-10(2)11(3)19-13/h12H,4-9,15H2,1-3H3. The molecule has 0 saturated carbocycles. The largest absolute Gasteiger partial charge is 0.381 e. The lowest BCUT2D eigenvalue weighted by Gasteiger charge is -2.41. The van der Waals surface area contributed by atoms with E-state index in [4.69, 9.17) is 15.2 Å². The van der Waals surface area contributed by atoms with Gasteiger partial charge in [0.15, 0.2) is 0 Å². The first-order valence-electron chi connectivity index (χ1n) is 6.97. The summed E-state index contributed by atoms with van der Waals surface area (Å²) in [6.07, 6.45) is 2.55. The van der Waals surface area contributed by atoms with E-state index in [0.717, 1.165) is 43.2 Å². The van der Waals surface area contributed by atoms with Gasteiger partial charge in [0.1, 0.15) is 0 Å². The maximum Gasteiger partial charge on any atom is 0.0947 e. The third kappa shape index (κ3) is 3.34. The number of hydrogen-bond donors (Lipinski definition) is 1. The van der Waals surface area contributed by atoms with Gasteiger partial charge in [-0.3, -0.25) is 0 Å². The van der Waals surface area contributed by atoms with Crippen LogP contribution in [0.25, 0.3) is 0 Å². The molecule has 0 amide bonds. The van der Waals surface area contributed by atoms with Gasteiger partial charge in [0.2, 0.25) is 0 Å². The molecule has 19 heavy (non-hydrogen) atoms. The van der Waals surface area contributed by atoms with Gasteiger partial charge in [-0.1, -0.05) is 0 Å². The molecule has 4 nitrogen and oxygen atoms in total. The minimum atomic E-state index is -0.236. The van der Waals surface area contributed by atoms with Crippen molar-refractivity contribution in [2.24, 2.45) is 5.73 Å². The molecule has 5 heteroatoms. The summed E-state index contributed by atoms with van der Waals surface area (Å²) >= 11 is 1.75. The van der Waals surface area contributed by atoms with E-state index in [9.17, 15) is 0 Å². The topological polar surface area (TPSA) is 57.4 Å². The Morgan fingerprint density at radius 2 is 2.11 bits per heavy atom. The lowest BCUT2D eigenvalue weighted by molar-refractivity contribution is -0.120. The van der Waals surface area contributed by atoms with Crippen LogP contribution in [0.5, 0.6) is 0 Å². The molecule has 1 aliphatic rings. The summed E-state index contributed by atoms with van der Waals surface area (Å²) in [7, 11) is 0. The van der Waals surface area contributed by atoms with Crippen LogP contribution in [0.15, 0.2) is 0 Å². The SMILES string of the molecule is CCOC1(C(N)Cc2nc(C)c(C)s2)CCOCC1. The van der Waals surface area contributed by atoms with Gasteiger partial charge < -0.3 is 15.2 Å². The first-order valence-corrected chi connectivity index (χ1v) is 7.79. The van der Waals surface area contributed by atoms with Crippen molar-refractivity contribution >= 4 is 11.3 Å². The molecular weight excluding hydrogens is 260 g/mol. The predicted molar refractivity (Wildman–Crippen MR) is 77.7 cm³/mol. The van der Waals surface area contributed by atoms with Crippen LogP contribution in [0.1, 0.15) is 35.3 Å². The van der Waals surface area contributed by atoms with E-state index in [1.54, 1.807) is 11.3 Å². The molecule has 0 aromatic carbocycles. The molecule has 1 unspecified atom stereocenters. The molecular formula is C14H24N2O2S. The minimum Gasteiger partial charge on any atom is -0.381 e. The number of nitrogens with two attached hydrogens (primary N) is 1. The fourth-order valence-electron chi connectivity index (χ4n) is 2.63. The van der Waals surface area contributed by atoms with E-state index in [1.165, 1.54) is 4.88 Å². The van der Waals surface area contributed by atoms with Crippen LogP contribution in [0.4, 0.5) is 0 Å².